The molecule has 1 aromatic rings. The van der Waals surface area contributed by atoms with E-state index in [0.717, 1.165) is 12.3 Å². The van der Waals surface area contributed by atoms with Crippen molar-refractivity contribution in [2.45, 2.75) is 30.5 Å². The van der Waals surface area contributed by atoms with Crippen molar-refractivity contribution in [3.8, 4) is 0 Å². The first-order valence-electron chi connectivity index (χ1n) is 8.08. The minimum absolute atomic E-state index is 0.210. The molecule has 2 unspecified atom stereocenters. The zero-order valence-corrected chi connectivity index (χ0v) is 19.1. The summed E-state index contributed by atoms with van der Waals surface area (Å²) in [4.78, 5) is 47.6. The molecule has 1 fully saturated rings. The SMILES string of the molecule is Nc1cc(=O)n([C@@H]2O[C@@](COP(=O)(O)OP(=O)(O)OP(=O)(O)O)(C(F)F)[C@@H](O)[C@H]2O)cc1Cl. The van der Waals surface area contributed by atoms with Gasteiger partial charge in [-0.3, -0.25) is 13.9 Å². The Morgan fingerprint density at radius 2 is 1.76 bits per heavy atom. The maximum atomic E-state index is 13.8. The van der Waals surface area contributed by atoms with Gasteiger partial charge in [0.05, 0.1) is 17.3 Å². The number of phosphoric acid groups is 3. The number of pyridine rings is 1. The molecular weight excluding hydrogens is 550 g/mol. The van der Waals surface area contributed by atoms with Crippen LogP contribution in [0.25, 0.3) is 0 Å². The Bertz CT molecular complexity index is 1100. The highest BCUT2D eigenvalue weighted by Crippen LogP contribution is 2.66. The van der Waals surface area contributed by atoms with E-state index in [1.54, 1.807) is 0 Å². The van der Waals surface area contributed by atoms with Gasteiger partial charge in [0.2, 0.25) is 0 Å². The predicted octanol–water partition coefficient (Wildman–Crippen LogP) is -0.318. The lowest BCUT2D eigenvalue weighted by molar-refractivity contribution is -0.193. The highest BCUT2D eigenvalue weighted by Gasteiger charge is 2.61. The van der Waals surface area contributed by atoms with E-state index < -0.39 is 66.1 Å². The Morgan fingerprint density at radius 1 is 1.18 bits per heavy atom. The van der Waals surface area contributed by atoms with Crippen molar-refractivity contribution in [1.82, 2.24) is 4.57 Å². The molecule has 0 aromatic carbocycles. The van der Waals surface area contributed by atoms with Gasteiger partial charge in [0, 0.05) is 12.3 Å². The number of anilines is 1. The van der Waals surface area contributed by atoms with Gasteiger partial charge in [-0.1, -0.05) is 11.6 Å². The van der Waals surface area contributed by atoms with Crippen molar-refractivity contribution in [3.05, 3.63) is 27.6 Å². The van der Waals surface area contributed by atoms with E-state index in [9.17, 15) is 42.4 Å². The molecule has 0 amide bonds. The number of rotatable bonds is 9. The van der Waals surface area contributed by atoms with Gasteiger partial charge in [-0.25, -0.2) is 22.5 Å². The number of alkyl halides is 2. The van der Waals surface area contributed by atoms with Gasteiger partial charge in [0.1, 0.15) is 12.2 Å². The second-order valence-electron chi connectivity index (χ2n) is 6.39. The summed E-state index contributed by atoms with van der Waals surface area (Å²) in [6.07, 6.45) is -9.87. The van der Waals surface area contributed by atoms with Crippen LogP contribution >= 0.6 is 35.1 Å². The van der Waals surface area contributed by atoms with Crippen LogP contribution in [-0.4, -0.2) is 65.2 Å². The van der Waals surface area contributed by atoms with Gasteiger partial charge in [-0.05, 0) is 0 Å². The molecule has 1 aliphatic rings. The number of hydrogen-bond acceptors (Lipinski definition) is 11. The van der Waals surface area contributed by atoms with Gasteiger partial charge < -0.3 is 40.3 Å². The van der Waals surface area contributed by atoms with Crippen LogP contribution in [0.1, 0.15) is 6.23 Å². The van der Waals surface area contributed by atoms with E-state index in [1.165, 1.54) is 0 Å². The molecule has 2 rings (SSSR count). The molecule has 0 spiro atoms. The molecule has 0 bridgehead atoms. The molecule has 0 radical (unpaired) electrons. The summed E-state index contributed by atoms with van der Waals surface area (Å²) >= 11 is 5.75. The molecule has 190 valence electrons. The predicted molar refractivity (Wildman–Crippen MR) is 101 cm³/mol. The number of nitrogens with two attached hydrogens (primary N) is 1. The molecule has 2 heterocycles. The maximum absolute atomic E-state index is 13.8. The first-order chi connectivity index (χ1) is 14.8. The zero-order chi connectivity index (χ0) is 25.6. The van der Waals surface area contributed by atoms with Crippen LogP contribution in [0.15, 0.2) is 17.1 Å². The summed E-state index contributed by atoms with van der Waals surface area (Å²) < 4.78 is 77.8. The molecule has 22 heteroatoms. The number of aromatic nitrogens is 1. The molecule has 0 saturated carbocycles. The largest absolute Gasteiger partial charge is 0.490 e. The zero-order valence-electron chi connectivity index (χ0n) is 15.6. The van der Waals surface area contributed by atoms with E-state index in [0.29, 0.717) is 4.57 Å². The van der Waals surface area contributed by atoms with Crippen molar-refractivity contribution < 1.29 is 70.1 Å². The number of ether oxygens (including phenoxy) is 1. The Hall–Kier alpha value is -0.810. The van der Waals surface area contributed by atoms with Crippen molar-refractivity contribution in [2.24, 2.45) is 0 Å². The number of hydrogen-bond donors (Lipinski definition) is 7. The lowest BCUT2D eigenvalue weighted by Gasteiger charge is -2.31. The second kappa shape index (κ2) is 9.68. The molecule has 8 N–H and O–H groups in total. The summed E-state index contributed by atoms with van der Waals surface area (Å²) in [5, 5.41) is 20.1. The number of nitrogens with zero attached hydrogens (tertiary/aromatic N) is 1. The highest BCUT2D eigenvalue weighted by molar-refractivity contribution is 7.66. The lowest BCUT2D eigenvalue weighted by atomic mass is 9.96. The van der Waals surface area contributed by atoms with Gasteiger partial charge in [-0.15, -0.1) is 0 Å². The first kappa shape index (κ1) is 28.4. The van der Waals surface area contributed by atoms with Crippen LogP contribution in [0.4, 0.5) is 14.5 Å². The van der Waals surface area contributed by atoms with Gasteiger partial charge in [0.25, 0.3) is 12.0 Å². The molecule has 1 aromatic heterocycles. The number of phosphoric ester groups is 1. The molecular formula is C11H16ClF2N2O14P3. The Labute approximate surface area is 186 Å². The number of aliphatic hydroxyl groups excluding tert-OH is 2. The van der Waals surface area contributed by atoms with E-state index >= 15 is 0 Å². The third-order valence-electron chi connectivity index (χ3n) is 4.03. The standard InChI is InChI=1S/C11H16ClF2N2O14P3/c12-4-2-16(6(17)1-5(4)15)9-7(18)8(19)11(28-9,10(13)14)3-27-32(23,24)30-33(25,26)29-31(20,21)22/h1-2,7-10,18-19H,3,15H2,(H,23,24)(H,25,26)(H2,20,21,22)/t7-,8+,9-,11-/m1/s1. The molecule has 0 aliphatic carbocycles. The first-order valence-corrected chi connectivity index (χ1v) is 13.0. The second-order valence-corrected chi connectivity index (χ2v) is 11.2. The molecule has 1 aliphatic heterocycles. The van der Waals surface area contributed by atoms with Gasteiger partial charge in [-0.2, -0.15) is 8.62 Å². The van der Waals surface area contributed by atoms with E-state index in [-0.39, 0.29) is 10.7 Å². The van der Waals surface area contributed by atoms with Crippen molar-refractivity contribution >= 4 is 40.8 Å². The number of nitrogen functional groups attached to an aromatic ring is 1. The minimum Gasteiger partial charge on any atom is -0.397 e. The van der Waals surface area contributed by atoms with Crippen molar-refractivity contribution in [2.75, 3.05) is 12.3 Å². The van der Waals surface area contributed by atoms with Gasteiger partial charge >= 0.3 is 23.5 Å². The Morgan fingerprint density at radius 3 is 2.27 bits per heavy atom. The van der Waals surface area contributed by atoms with Gasteiger partial charge in [0.15, 0.2) is 11.8 Å². The van der Waals surface area contributed by atoms with Crippen LogP contribution in [0.3, 0.4) is 0 Å². The number of aliphatic hydroxyl groups is 2. The smallest absolute Gasteiger partial charge is 0.397 e. The fraction of sp³-hybridized carbons (Fsp3) is 0.545. The molecule has 33 heavy (non-hydrogen) atoms. The summed E-state index contributed by atoms with van der Waals surface area (Å²) in [6.45, 7) is -1.81. The van der Waals surface area contributed by atoms with Crippen LogP contribution in [0.5, 0.6) is 0 Å². The van der Waals surface area contributed by atoms with Crippen LogP contribution < -0.4 is 11.3 Å². The normalized spacial score (nSPS) is 29.7. The molecule has 1 saturated heterocycles. The van der Waals surface area contributed by atoms with Crippen LogP contribution in [0, 0.1) is 0 Å². The summed E-state index contributed by atoms with van der Waals surface area (Å²) in [7, 11) is -17.6. The van der Waals surface area contributed by atoms with Crippen LogP contribution in [-0.2, 0) is 31.6 Å². The maximum Gasteiger partial charge on any atom is 0.490 e. The fourth-order valence-corrected chi connectivity index (χ4v) is 5.83. The topological polar surface area (TPSA) is 258 Å². The van der Waals surface area contributed by atoms with E-state index in [4.69, 9.17) is 36.8 Å². The van der Waals surface area contributed by atoms with Crippen molar-refractivity contribution in [1.29, 1.82) is 0 Å². The minimum atomic E-state index is -5.96. The lowest BCUT2D eigenvalue weighted by Crippen LogP contribution is -2.52. The third-order valence-corrected chi connectivity index (χ3v) is 8.13. The number of halogens is 3. The summed E-state index contributed by atoms with van der Waals surface area (Å²) in [5.74, 6) is 0. The van der Waals surface area contributed by atoms with Crippen molar-refractivity contribution in [3.63, 3.8) is 0 Å². The highest BCUT2D eigenvalue weighted by atomic mass is 35.5. The average Bonchev–Trinajstić information content (AvgIpc) is 2.86. The fourth-order valence-electron chi connectivity index (χ4n) is 2.61. The molecule has 6 atom stereocenters. The quantitative estimate of drug-likeness (QED) is 0.189. The summed E-state index contributed by atoms with van der Waals surface area (Å²) in [5.41, 5.74) is 0.888. The third kappa shape index (κ3) is 6.66. The Kier molecular flexibility index (Phi) is 8.34. The monoisotopic (exact) mass is 566 g/mol. The van der Waals surface area contributed by atoms with E-state index in [1.807, 2.05) is 0 Å². The summed E-state index contributed by atoms with van der Waals surface area (Å²) in [6, 6.07) is 0.749. The average molecular weight is 567 g/mol. The molecule has 16 nitrogen and oxygen atoms in total. The Balaban J connectivity index is 2.30. The van der Waals surface area contributed by atoms with Crippen LogP contribution in [0.2, 0.25) is 5.02 Å². The van der Waals surface area contributed by atoms with E-state index in [2.05, 4.69) is 13.1 Å².